The molecule has 5 nitrogen and oxygen atoms in total. The molecule has 0 spiro atoms. The zero-order valence-corrected chi connectivity index (χ0v) is 14.1. The van der Waals surface area contributed by atoms with E-state index < -0.39 is 18.0 Å². The number of carbonyl (C=O) groups is 2. The van der Waals surface area contributed by atoms with Gasteiger partial charge >= 0.3 is 5.97 Å². The van der Waals surface area contributed by atoms with Gasteiger partial charge in [0.2, 0.25) is 0 Å². The Kier molecular flexibility index (Phi) is 3.88. The van der Waals surface area contributed by atoms with Gasteiger partial charge in [-0.3, -0.25) is 9.59 Å². The summed E-state index contributed by atoms with van der Waals surface area (Å²) in [5.74, 6) is -1.16. The molecule has 0 saturated carbocycles. The molecule has 4 rings (SSSR count). The van der Waals surface area contributed by atoms with Crippen LogP contribution in [0.2, 0.25) is 5.02 Å². The van der Waals surface area contributed by atoms with E-state index in [-0.39, 0.29) is 12.5 Å². The summed E-state index contributed by atoms with van der Waals surface area (Å²) in [6.45, 7) is 0.553. The molecule has 0 fully saturated rings. The maximum Gasteiger partial charge on any atom is 0.312 e. The summed E-state index contributed by atoms with van der Waals surface area (Å²) in [5.41, 5.74) is 2.55. The number of rotatable bonds is 2. The van der Waals surface area contributed by atoms with E-state index in [1.807, 2.05) is 24.3 Å². The number of carbonyl (C=O) groups excluding carboxylic acids is 1. The molecule has 6 heteroatoms. The van der Waals surface area contributed by atoms with Crippen molar-refractivity contribution in [3.05, 3.63) is 64.2 Å². The average molecular weight is 358 g/mol. The Morgan fingerprint density at radius 1 is 1.16 bits per heavy atom. The molecule has 0 saturated heterocycles. The van der Waals surface area contributed by atoms with E-state index in [1.165, 1.54) is 0 Å². The van der Waals surface area contributed by atoms with Crippen LogP contribution in [0.4, 0.5) is 0 Å². The van der Waals surface area contributed by atoms with Gasteiger partial charge in [-0.05, 0) is 34.9 Å². The Hall–Kier alpha value is -2.53. The largest absolute Gasteiger partial charge is 0.481 e. The quantitative estimate of drug-likeness (QED) is 0.897. The van der Waals surface area contributed by atoms with Crippen molar-refractivity contribution in [3.63, 3.8) is 0 Å². The number of ether oxygens (including phenoxy) is 1. The van der Waals surface area contributed by atoms with Crippen molar-refractivity contribution in [1.82, 2.24) is 4.90 Å². The van der Waals surface area contributed by atoms with Crippen LogP contribution in [0.5, 0.6) is 5.75 Å². The summed E-state index contributed by atoms with van der Waals surface area (Å²) < 4.78 is 5.76. The summed E-state index contributed by atoms with van der Waals surface area (Å²) in [4.78, 5) is 26.1. The number of halogens is 1. The Labute approximate surface area is 149 Å². The molecule has 2 aromatic carbocycles. The van der Waals surface area contributed by atoms with E-state index in [9.17, 15) is 14.7 Å². The minimum atomic E-state index is -0.924. The van der Waals surface area contributed by atoms with Crippen LogP contribution in [-0.2, 0) is 22.6 Å². The van der Waals surface area contributed by atoms with Crippen LogP contribution in [-0.4, -0.2) is 34.5 Å². The second-order valence-corrected chi connectivity index (χ2v) is 6.81. The van der Waals surface area contributed by atoms with Gasteiger partial charge in [0, 0.05) is 24.5 Å². The number of hydrogen-bond acceptors (Lipinski definition) is 3. The van der Waals surface area contributed by atoms with Crippen molar-refractivity contribution in [2.75, 3.05) is 6.54 Å². The lowest BCUT2D eigenvalue weighted by Gasteiger charge is -2.34. The summed E-state index contributed by atoms with van der Waals surface area (Å²) in [6, 6.07) is 12.7. The first-order valence-corrected chi connectivity index (χ1v) is 8.45. The molecule has 2 heterocycles. The highest BCUT2D eigenvalue weighted by atomic mass is 35.5. The second-order valence-electron chi connectivity index (χ2n) is 6.37. The molecular formula is C19H16ClNO4. The fourth-order valence-corrected chi connectivity index (χ4v) is 3.74. The molecule has 2 aromatic rings. The number of fused-ring (bicyclic) bond motifs is 2. The molecule has 25 heavy (non-hydrogen) atoms. The van der Waals surface area contributed by atoms with Crippen LogP contribution in [0.15, 0.2) is 42.5 Å². The summed E-state index contributed by atoms with van der Waals surface area (Å²) in [6.07, 6.45) is -0.182. The maximum absolute atomic E-state index is 12.9. The molecule has 2 atom stereocenters. The average Bonchev–Trinajstić information content (AvgIpc) is 3.03. The first kappa shape index (κ1) is 16.0. The van der Waals surface area contributed by atoms with E-state index in [0.29, 0.717) is 23.7 Å². The minimum Gasteiger partial charge on any atom is -0.481 e. The number of aliphatic carboxylic acids is 1. The van der Waals surface area contributed by atoms with Gasteiger partial charge in [-0.15, -0.1) is 0 Å². The fourth-order valence-electron chi connectivity index (χ4n) is 3.54. The van der Waals surface area contributed by atoms with E-state index in [0.717, 1.165) is 16.7 Å². The topological polar surface area (TPSA) is 66.8 Å². The highest BCUT2D eigenvalue weighted by Gasteiger charge is 2.37. The lowest BCUT2D eigenvalue weighted by atomic mass is 9.89. The summed E-state index contributed by atoms with van der Waals surface area (Å²) in [7, 11) is 0. The van der Waals surface area contributed by atoms with E-state index in [2.05, 4.69) is 0 Å². The number of carboxylic acid groups (broad SMARTS) is 1. The van der Waals surface area contributed by atoms with Crippen molar-refractivity contribution in [2.45, 2.75) is 25.0 Å². The molecule has 128 valence electrons. The third-order valence-corrected chi connectivity index (χ3v) is 5.01. The van der Waals surface area contributed by atoms with Gasteiger partial charge in [-0.1, -0.05) is 35.9 Å². The van der Waals surface area contributed by atoms with Crippen LogP contribution >= 0.6 is 11.6 Å². The van der Waals surface area contributed by atoms with E-state index >= 15 is 0 Å². The SMILES string of the molecule is O=C(O)C1CN(C(=O)C2Cc3cc(Cl)ccc3O2)Cc2ccccc21. The van der Waals surface area contributed by atoms with Crippen molar-refractivity contribution in [2.24, 2.45) is 0 Å². The van der Waals surface area contributed by atoms with Crippen LogP contribution in [0.3, 0.4) is 0 Å². The van der Waals surface area contributed by atoms with Crippen molar-refractivity contribution < 1.29 is 19.4 Å². The number of nitrogens with zero attached hydrogens (tertiary/aromatic N) is 1. The predicted octanol–water partition coefficient (Wildman–Crippen LogP) is 2.85. The molecule has 0 radical (unpaired) electrons. The molecular weight excluding hydrogens is 342 g/mol. The molecule has 0 bridgehead atoms. The molecule has 2 aliphatic heterocycles. The third-order valence-electron chi connectivity index (χ3n) is 4.78. The van der Waals surface area contributed by atoms with Crippen LogP contribution in [0, 0.1) is 0 Å². The standard InChI is InChI=1S/C19H16ClNO4/c20-13-5-6-16-12(7-13)8-17(25-16)18(22)21-9-11-3-1-2-4-14(11)15(10-21)19(23)24/h1-7,15,17H,8-10H2,(H,23,24). The molecule has 2 unspecified atom stereocenters. The van der Waals surface area contributed by atoms with E-state index in [1.54, 1.807) is 23.1 Å². The zero-order valence-electron chi connectivity index (χ0n) is 13.3. The number of hydrogen-bond donors (Lipinski definition) is 1. The Morgan fingerprint density at radius 2 is 1.96 bits per heavy atom. The van der Waals surface area contributed by atoms with Gasteiger partial charge in [0.05, 0.1) is 5.92 Å². The second kappa shape index (κ2) is 6.08. The monoisotopic (exact) mass is 357 g/mol. The first-order valence-electron chi connectivity index (χ1n) is 8.07. The maximum atomic E-state index is 12.9. The summed E-state index contributed by atoms with van der Waals surface area (Å²) >= 11 is 5.99. The fraction of sp³-hybridized carbons (Fsp3) is 0.263. The van der Waals surface area contributed by atoms with Gasteiger partial charge in [0.1, 0.15) is 5.75 Å². The molecule has 1 amide bonds. The Bertz CT molecular complexity index is 866. The smallest absolute Gasteiger partial charge is 0.312 e. The Morgan fingerprint density at radius 3 is 2.76 bits per heavy atom. The van der Waals surface area contributed by atoms with E-state index in [4.69, 9.17) is 16.3 Å². The molecule has 0 aromatic heterocycles. The predicted molar refractivity (Wildman–Crippen MR) is 91.8 cm³/mol. The van der Waals surface area contributed by atoms with Gasteiger partial charge < -0.3 is 14.7 Å². The normalized spacial score (nSPS) is 21.2. The highest BCUT2D eigenvalue weighted by Crippen LogP contribution is 2.34. The minimum absolute atomic E-state index is 0.155. The molecule has 0 aliphatic carbocycles. The highest BCUT2D eigenvalue weighted by molar-refractivity contribution is 6.30. The summed E-state index contributed by atoms with van der Waals surface area (Å²) in [5, 5.41) is 10.1. The zero-order chi connectivity index (χ0) is 17.6. The third kappa shape index (κ3) is 2.85. The van der Waals surface area contributed by atoms with Crippen LogP contribution in [0.1, 0.15) is 22.6 Å². The number of benzene rings is 2. The first-order chi connectivity index (χ1) is 12.0. The van der Waals surface area contributed by atoms with Crippen LogP contribution in [0.25, 0.3) is 0 Å². The van der Waals surface area contributed by atoms with Crippen molar-refractivity contribution in [3.8, 4) is 5.75 Å². The van der Waals surface area contributed by atoms with Gasteiger partial charge in [0.25, 0.3) is 5.91 Å². The molecule has 2 aliphatic rings. The number of carboxylic acids is 1. The van der Waals surface area contributed by atoms with Gasteiger partial charge in [-0.2, -0.15) is 0 Å². The Balaban J connectivity index is 1.57. The van der Waals surface area contributed by atoms with Crippen molar-refractivity contribution >= 4 is 23.5 Å². The lowest BCUT2D eigenvalue weighted by Crippen LogP contribution is -2.46. The van der Waals surface area contributed by atoms with Gasteiger partial charge in [-0.25, -0.2) is 0 Å². The van der Waals surface area contributed by atoms with Gasteiger partial charge in [0.15, 0.2) is 6.10 Å². The van der Waals surface area contributed by atoms with Crippen molar-refractivity contribution in [1.29, 1.82) is 0 Å². The molecule has 1 N–H and O–H groups in total. The number of amides is 1. The van der Waals surface area contributed by atoms with Crippen LogP contribution < -0.4 is 4.74 Å². The lowest BCUT2D eigenvalue weighted by molar-refractivity contribution is -0.143.